The van der Waals surface area contributed by atoms with E-state index in [0.29, 0.717) is 5.82 Å². The van der Waals surface area contributed by atoms with Crippen LogP contribution in [0.1, 0.15) is 26.5 Å². The van der Waals surface area contributed by atoms with Gasteiger partial charge in [0.15, 0.2) is 0 Å². The minimum absolute atomic E-state index is 0.00146. The lowest BCUT2D eigenvalue weighted by atomic mass is 9.92. The summed E-state index contributed by atoms with van der Waals surface area (Å²) >= 11 is 0. The van der Waals surface area contributed by atoms with Crippen LogP contribution in [0.25, 0.3) is 5.69 Å². The van der Waals surface area contributed by atoms with Crippen molar-refractivity contribution in [3.05, 3.63) is 36.0 Å². The molecule has 0 saturated carbocycles. The number of nitrogens with zero attached hydrogens (tertiary/aromatic N) is 3. The molecule has 4 heteroatoms. The fourth-order valence-corrected chi connectivity index (χ4v) is 1.87. The van der Waals surface area contributed by atoms with Gasteiger partial charge in [0.2, 0.25) is 0 Å². The molecular weight excluding hydrogens is 236 g/mol. The van der Waals surface area contributed by atoms with E-state index in [1.54, 1.807) is 4.68 Å². The summed E-state index contributed by atoms with van der Waals surface area (Å²) in [5.41, 5.74) is 9.20. The number of hydrogen-bond donors (Lipinski definition) is 1. The third-order valence-electron chi connectivity index (χ3n) is 3.10. The van der Waals surface area contributed by atoms with Crippen LogP contribution in [0.15, 0.2) is 30.3 Å². The Balaban J connectivity index is 2.47. The van der Waals surface area contributed by atoms with E-state index in [4.69, 9.17) is 5.73 Å². The Kier molecular flexibility index (Phi) is 3.27. The van der Waals surface area contributed by atoms with Crippen molar-refractivity contribution in [1.29, 1.82) is 0 Å². The van der Waals surface area contributed by atoms with Crippen molar-refractivity contribution < 1.29 is 0 Å². The van der Waals surface area contributed by atoms with Crippen LogP contribution >= 0.6 is 0 Å². The molecule has 0 amide bonds. The SMILES string of the molecule is CN(C)c1cccc(-n2nc(C(C)(C)C)cc2N)c1. The summed E-state index contributed by atoms with van der Waals surface area (Å²) in [6, 6.07) is 10.1. The maximum absolute atomic E-state index is 6.08. The molecule has 0 unspecified atom stereocenters. The summed E-state index contributed by atoms with van der Waals surface area (Å²) in [7, 11) is 4.04. The van der Waals surface area contributed by atoms with Crippen LogP contribution in [0.2, 0.25) is 0 Å². The highest BCUT2D eigenvalue weighted by molar-refractivity contribution is 5.54. The Bertz CT molecular complexity index is 576. The smallest absolute Gasteiger partial charge is 0.127 e. The molecule has 0 aliphatic heterocycles. The predicted octanol–water partition coefficient (Wildman–Crippen LogP) is 2.82. The van der Waals surface area contributed by atoms with E-state index in [0.717, 1.165) is 17.1 Å². The Morgan fingerprint density at radius 3 is 2.37 bits per heavy atom. The number of rotatable bonds is 2. The Morgan fingerprint density at radius 2 is 1.84 bits per heavy atom. The van der Waals surface area contributed by atoms with Crippen LogP contribution in [0.5, 0.6) is 0 Å². The molecule has 19 heavy (non-hydrogen) atoms. The van der Waals surface area contributed by atoms with E-state index in [-0.39, 0.29) is 5.41 Å². The van der Waals surface area contributed by atoms with Gasteiger partial charge in [-0.3, -0.25) is 0 Å². The van der Waals surface area contributed by atoms with Crippen LogP contribution in [-0.4, -0.2) is 23.9 Å². The predicted molar refractivity (Wildman–Crippen MR) is 81.0 cm³/mol. The van der Waals surface area contributed by atoms with E-state index in [1.165, 1.54) is 0 Å². The normalized spacial score (nSPS) is 11.6. The van der Waals surface area contributed by atoms with Gasteiger partial charge in [-0.25, -0.2) is 4.68 Å². The maximum Gasteiger partial charge on any atom is 0.127 e. The molecule has 1 heterocycles. The number of hydrogen-bond acceptors (Lipinski definition) is 3. The molecule has 2 rings (SSSR count). The lowest BCUT2D eigenvalue weighted by molar-refractivity contribution is 0.560. The summed E-state index contributed by atoms with van der Waals surface area (Å²) in [6.07, 6.45) is 0. The van der Waals surface area contributed by atoms with Gasteiger partial charge in [-0.05, 0) is 18.2 Å². The Morgan fingerprint density at radius 1 is 1.16 bits per heavy atom. The topological polar surface area (TPSA) is 47.1 Å². The minimum Gasteiger partial charge on any atom is -0.384 e. The molecule has 102 valence electrons. The van der Waals surface area contributed by atoms with Crippen LogP contribution in [0, 0.1) is 0 Å². The fraction of sp³-hybridized carbons (Fsp3) is 0.400. The van der Waals surface area contributed by atoms with Crippen molar-refractivity contribution in [2.24, 2.45) is 0 Å². The summed E-state index contributed by atoms with van der Waals surface area (Å²) in [5, 5.41) is 4.62. The third-order valence-corrected chi connectivity index (χ3v) is 3.10. The lowest BCUT2D eigenvalue weighted by Crippen LogP contribution is -2.13. The zero-order chi connectivity index (χ0) is 14.2. The molecule has 0 radical (unpaired) electrons. The molecule has 0 fully saturated rings. The van der Waals surface area contributed by atoms with Crippen molar-refractivity contribution in [2.45, 2.75) is 26.2 Å². The maximum atomic E-state index is 6.08. The zero-order valence-corrected chi connectivity index (χ0v) is 12.3. The van der Waals surface area contributed by atoms with Gasteiger partial charge in [0, 0.05) is 31.3 Å². The molecule has 0 atom stereocenters. The van der Waals surface area contributed by atoms with E-state index in [2.05, 4.69) is 42.9 Å². The number of nitrogens with two attached hydrogens (primary N) is 1. The van der Waals surface area contributed by atoms with Crippen molar-refractivity contribution in [3.8, 4) is 5.69 Å². The molecule has 0 spiro atoms. The molecule has 1 aromatic heterocycles. The first-order valence-corrected chi connectivity index (χ1v) is 6.43. The number of aromatic nitrogens is 2. The molecule has 2 N–H and O–H groups in total. The number of anilines is 2. The van der Waals surface area contributed by atoms with Gasteiger partial charge in [0.1, 0.15) is 5.82 Å². The summed E-state index contributed by atoms with van der Waals surface area (Å²) in [6.45, 7) is 6.40. The lowest BCUT2D eigenvalue weighted by Gasteiger charge is -2.15. The first kappa shape index (κ1) is 13.5. The van der Waals surface area contributed by atoms with E-state index >= 15 is 0 Å². The van der Waals surface area contributed by atoms with Crippen LogP contribution in [0.4, 0.5) is 11.5 Å². The second-order valence-electron chi connectivity index (χ2n) is 6.03. The van der Waals surface area contributed by atoms with Crippen LogP contribution in [0.3, 0.4) is 0 Å². The van der Waals surface area contributed by atoms with Gasteiger partial charge >= 0.3 is 0 Å². The third kappa shape index (κ3) is 2.72. The van der Waals surface area contributed by atoms with Crippen molar-refractivity contribution in [1.82, 2.24) is 9.78 Å². The van der Waals surface area contributed by atoms with Gasteiger partial charge in [-0.1, -0.05) is 26.8 Å². The molecule has 2 aromatic rings. The second-order valence-corrected chi connectivity index (χ2v) is 6.03. The standard InChI is InChI=1S/C15H22N4/c1-15(2,3)13-10-14(16)19(17-13)12-8-6-7-11(9-12)18(4)5/h6-10H,16H2,1-5H3. The highest BCUT2D eigenvalue weighted by atomic mass is 15.3. The molecule has 0 bridgehead atoms. The fourth-order valence-electron chi connectivity index (χ4n) is 1.87. The van der Waals surface area contributed by atoms with Gasteiger partial charge in [-0.15, -0.1) is 0 Å². The zero-order valence-electron chi connectivity index (χ0n) is 12.3. The summed E-state index contributed by atoms with van der Waals surface area (Å²) in [5.74, 6) is 0.667. The molecule has 1 aromatic carbocycles. The van der Waals surface area contributed by atoms with Crippen molar-refractivity contribution in [3.63, 3.8) is 0 Å². The molecule has 0 saturated heterocycles. The second kappa shape index (κ2) is 4.61. The monoisotopic (exact) mass is 258 g/mol. The Hall–Kier alpha value is -1.97. The largest absolute Gasteiger partial charge is 0.384 e. The Labute approximate surface area is 114 Å². The first-order chi connectivity index (χ1) is 8.79. The number of benzene rings is 1. The van der Waals surface area contributed by atoms with E-state index < -0.39 is 0 Å². The van der Waals surface area contributed by atoms with E-state index in [1.807, 2.05) is 32.3 Å². The van der Waals surface area contributed by atoms with Crippen LogP contribution in [-0.2, 0) is 5.41 Å². The quantitative estimate of drug-likeness (QED) is 0.901. The highest BCUT2D eigenvalue weighted by Crippen LogP contribution is 2.25. The van der Waals surface area contributed by atoms with Crippen LogP contribution < -0.4 is 10.6 Å². The average molecular weight is 258 g/mol. The first-order valence-electron chi connectivity index (χ1n) is 6.43. The minimum atomic E-state index is -0.00146. The molecule has 0 aliphatic rings. The number of nitrogen functional groups attached to an aromatic ring is 1. The van der Waals surface area contributed by atoms with Crippen molar-refractivity contribution in [2.75, 3.05) is 24.7 Å². The molecular formula is C15H22N4. The van der Waals surface area contributed by atoms with Gasteiger partial charge in [-0.2, -0.15) is 5.10 Å². The molecule has 0 aliphatic carbocycles. The molecule has 4 nitrogen and oxygen atoms in total. The summed E-state index contributed by atoms with van der Waals surface area (Å²) < 4.78 is 1.80. The highest BCUT2D eigenvalue weighted by Gasteiger charge is 2.19. The van der Waals surface area contributed by atoms with Gasteiger partial charge < -0.3 is 10.6 Å². The van der Waals surface area contributed by atoms with Gasteiger partial charge in [0.25, 0.3) is 0 Å². The van der Waals surface area contributed by atoms with Gasteiger partial charge in [0.05, 0.1) is 11.4 Å². The summed E-state index contributed by atoms with van der Waals surface area (Å²) in [4.78, 5) is 2.06. The van der Waals surface area contributed by atoms with Crippen molar-refractivity contribution >= 4 is 11.5 Å². The van der Waals surface area contributed by atoms with E-state index in [9.17, 15) is 0 Å². The average Bonchev–Trinajstić information content (AvgIpc) is 2.71.